The van der Waals surface area contributed by atoms with Crippen molar-refractivity contribution in [1.82, 2.24) is 16.0 Å². The third kappa shape index (κ3) is 6.11. The van der Waals surface area contributed by atoms with E-state index in [2.05, 4.69) is 20.9 Å². The fourth-order valence-corrected chi connectivity index (χ4v) is 2.04. The van der Waals surface area contributed by atoms with Crippen LogP contribution in [0.2, 0.25) is 0 Å². The molecule has 0 unspecified atom stereocenters. The molecule has 0 aromatic heterocycles. The van der Waals surface area contributed by atoms with Gasteiger partial charge in [-0.05, 0) is 37.0 Å². The molecule has 2 rings (SSSR count). The Kier molecular flexibility index (Phi) is 6.18. The van der Waals surface area contributed by atoms with Crippen LogP contribution in [0.5, 0.6) is 0 Å². The van der Waals surface area contributed by atoms with Gasteiger partial charge in [0, 0.05) is 32.6 Å². The Morgan fingerprint density at radius 2 is 2.18 bits per heavy atom. The maximum atomic E-state index is 13.1. The molecule has 1 aromatic rings. The highest BCUT2D eigenvalue weighted by Gasteiger charge is 2.22. The molecule has 1 aromatic carbocycles. The predicted molar refractivity (Wildman–Crippen MR) is 85.0 cm³/mol. The van der Waals surface area contributed by atoms with Crippen LogP contribution in [-0.2, 0) is 11.3 Å². The minimum atomic E-state index is -0.246. The number of guanidine groups is 1. The molecule has 120 valence electrons. The first kappa shape index (κ1) is 16.3. The van der Waals surface area contributed by atoms with Crippen LogP contribution in [0, 0.1) is 5.82 Å². The highest BCUT2D eigenvalue weighted by Crippen LogP contribution is 2.18. The molecule has 0 aliphatic heterocycles. The molecule has 3 N–H and O–H groups in total. The lowest BCUT2D eigenvalue weighted by molar-refractivity contribution is -0.121. The molecule has 6 heteroatoms. The fraction of sp³-hybridized carbons (Fsp3) is 0.500. The molecule has 1 aliphatic carbocycles. The maximum Gasteiger partial charge on any atom is 0.220 e. The van der Waals surface area contributed by atoms with Gasteiger partial charge < -0.3 is 16.0 Å². The Labute approximate surface area is 130 Å². The van der Waals surface area contributed by atoms with Crippen molar-refractivity contribution in [3.63, 3.8) is 0 Å². The average molecular weight is 306 g/mol. The van der Waals surface area contributed by atoms with Crippen molar-refractivity contribution in [1.29, 1.82) is 0 Å². The number of hydrogen-bond donors (Lipinski definition) is 3. The predicted octanol–water partition coefficient (Wildman–Crippen LogP) is 1.55. The van der Waals surface area contributed by atoms with Gasteiger partial charge in [0.15, 0.2) is 5.96 Å². The van der Waals surface area contributed by atoms with Gasteiger partial charge in [0.25, 0.3) is 0 Å². The van der Waals surface area contributed by atoms with E-state index < -0.39 is 0 Å². The highest BCUT2D eigenvalue weighted by atomic mass is 19.1. The van der Waals surface area contributed by atoms with E-state index in [-0.39, 0.29) is 11.7 Å². The molecule has 0 heterocycles. The highest BCUT2D eigenvalue weighted by molar-refractivity contribution is 5.80. The summed E-state index contributed by atoms with van der Waals surface area (Å²) < 4.78 is 13.1. The topological polar surface area (TPSA) is 65.5 Å². The van der Waals surface area contributed by atoms with Crippen molar-refractivity contribution in [2.24, 2.45) is 4.99 Å². The lowest BCUT2D eigenvalue weighted by Crippen LogP contribution is -2.37. The number of rotatable bonds is 7. The Morgan fingerprint density at radius 3 is 2.86 bits per heavy atom. The molecular formula is C16H23FN4O. The molecule has 5 nitrogen and oxygen atoms in total. The van der Waals surface area contributed by atoms with Gasteiger partial charge in [-0.3, -0.25) is 9.79 Å². The van der Waals surface area contributed by atoms with Gasteiger partial charge in [-0.1, -0.05) is 12.1 Å². The summed E-state index contributed by atoms with van der Waals surface area (Å²) in [6.45, 7) is 1.17. The smallest absolute Gasteiger partial charge is 0.220 e. The first-order chi connectivity index (χ1) is 10.7. The van der Waals surface area contributed by atoms with E-state index >= 15 is 0 Å². The van der Waals surface area contributed by atoms with Gasteiger partial charge in [-0.25, -0.2) is 4.39 Å². The SMILES string of the molecule is CN=C(NCCCC(=O)NC1CC1)NCc1cccc(F)c1. The number of aliphatic imine (C=N–C) groups is 1. The Hall–Kier alpha value is -2.11. The van der Waals surface area contributed by atoms with Gasteiger partial charge in [0.2, 0.25) is 5.91 Å². The number of carbonyl (C=O) groups is 1. The number of halogens is 1. The fourth-order valence-electron chi connectivity index (χ4n) is 2.04. The molecule has 1 aliphatic rings. The molecule has 0 atom stereocenters. The van der Waals surface area contributed by atoms with Crippen LogP contribution in [-0.4, -0.2) is 31.5 Å². The molecule has 0 bridgehead atoms. The van der Waals surface area contributed by atoms with Crippen molar-refractivity contribution >= 4 is 11.9 Å². The van der Waals surface area contributed by atoms with Crippen LogP contribution in [0.25, 0.3) is 0 Å². The molecular weight excluding hydrogens is 283 g/mol. The first-order valence-electron chi connectivity index (χ1n) is 7.65. The molecule has 0 saturated heterocycles. The van der Waals surface area contributed by atoms with Crippen LogP contribution in [0.1, 0.15) is 31.2 Å². The third-order valence-electron chi connectivity index (χ3n) is 3.39. The molecule has 0 radical (unpaired) electrons. The number of benzene rings is 1. The Bertz CT molecular complexity index is 529. The zero-order chi connectivity index (χ0) is 15.8. The summed E-state index contributed by atoms with van der Waals surface area (Å²) in [5.41, 5.74) is 0.853. The standard InChI is InChI=1S/C16H23FN4O/c1-18-16(20-11-12-4-2-5-13(17)10-12)19-9-3-6-15(22)21-14-7-8-14/h2,4-5,10,14H,3,6-9,11H2,1H3,(H,21,22)(H2,18,19,20). The second-order valence-electron chi connectivity index (χ2n) is 5.43. The molecule has 1 fully saturated rings. The van der Waals surface area contributed by atoms with E-state index in [1.165, 1.54) is 12.1 Å². The summed E-state index contributed by atoms with van der Waals surface area (Å²) in [5.74, 6) is 0.516. The molecule has 1 saturated carbocycles. The van der Waals surface area contributed by atoms with Crippen LogP contribution < -0.4 is 16.0 Å². The van der Waals surface area contributed by atoms with Crippen LogP contribution in [0.3, 0.4) is 0 Å². The van der Waals surface area contributed by atoms with E-state index in [4.69, 9.17) is 0 Å². The molecule has 0 spiro atoms. The summed E-state index contributed by atoms with van der Waals surface area (Å²) in [4.78, 5) is 15.6. The Balaban J connectivity index is 1.61. The van der Waals surface area contributed by atoms with Gasteiger partial charge >= 0.3 is 0 Å². The number of hydrogen-bond acceptors (Lipinski definition) is 2. The van der Waals surface area contributed by atoms with E-state index in [9.17, 15) is 9.18 Å². The summed E-state index contributed by atoms with van der Waals surface area (Å²) in [6, 6.07) is 6.86. The summed E-state index contributed by atoms with van der Waals surface area (Å²) in [6.07, 6.45) is 3.49. The average Bonchev–Trinajstić information content (AvgIpc) is 3.30. The lowest BCUT2D eigenvalue weighted by Gasteiger charge is -2.12. The quantitative estimate of drug-likeness (QED) is 0.407. The second-order valence-corrected chi connectivity index (χ2v) is 5.43. The number of amides is 1. The maximum absolute atomic E-state index is 13.1. The van der Waals surface area contributed by atoms with Gasteiger partial charge in [-0.15, -0.1) is 0 Å². The first-order valence-corrected chi connectivity index (χ1v) is 7.65. The third-order valence-corrected chi connectivity index (χ3v) is 3.39. The van der Waals surface area contributed by atoms with Gasteiger partial charge in [-0.2, -0.15) is 0 Å². The van der Waals surface area contributed by atoms with Crippen molar-refractivity contribution in [2.45, 2.75) is 38.3 Å². The zero-order valence-electron chi connectivity index (χ0n) is 12.9. The second kappa shape index (κ2) is 8.36. The Morgan fingerprint density at radius 1 is 1.36 bits per heavy atom. The minimum absolute atomic E-state index is 0.118. The zero-order valence-corrected chi connectivity index (χ0v) is 12.9. The van der Waals surface area contributed by atoms with Crippen LogP contribution >= 0.6 is 0 Å². The molecule has 22 heavy (non-hydrogen) atoms. The van der Waals surface area contributed by atoms with Crippen molar-refractivity contribution < 1.29 is 9.18 Å². The van der Waals surface area contributed by atoms with Crippen molar-refractivity contribution in [3.05, 3.63) is 35.6 Å². The largest absolute Gasteiger partial charge is 0.356 e. The van der Waals surface area contributed by atoms with E-state index in [0.29, 0.717) is 31.5 Å². The van der Waals surface area contributed by atoms with E-state index in [1.807, 2.05) is 6.07 Å². The van der Waals surface area contributed by atoms with Gasteiger partial charge in [0.1, 0.15) is 5.82 Å². The van der Waals surface area contributed by atoms with Crippen LogP contribution in [0.15, 0.2) is 29.3 Å². The monoisotopic (exact) mass is 306 g/mol. The molecule has 1 amide bonds. The van der Waals surface area contributed by atoms with E-state index in [1.54, 1.807) is 13.1 Å². The van der Waals surface area contributed by atoms with Crippen molar-refractivity contribution in [3.8, 4) is 0 Å². The summed E-state index contributed by atoms with van der Waals surface area (Å²) in [5, 5.41) is 9.22. The number of carbonyl (C=O) groups excluding carboxylic acids is 1. The van der Waals surface area contributed by atoms with Crippen LogP contribution in [0.4, 0.5) is 4.39 Å². The van der Waals surface area contributed by atoms with Gasteiger partial charge in [0.05, 0.1) is 0 Å². The van der Waals surface area contributed by atoms with E-state index in [0.717, 1.165) is 24.8 Å². The number of nitrogens with one attached hydrogen (secondary N) is 3. The number of nitrogens with zero attached hydrogens (tertiary/aromatic N) is 1. The summed E-state index contributed by atoms with van der Waals surface area (Å²) in [7, 11) is 1.68. The lowest BCUT2D eigenvalue weighted by atomic mass is 10.2. The van der Waals surface area contributed by atoms with Crippen molar-refractivity contribution in [2.75, 3.05) is 13.6 Å². The summed E-state index contributed by atoms with van der Waals surface area (Å²) >= 11 is 0. The minimum Gasteiger partial charge on any atom is -0.356 e. The normalized spacial score (nSPS) is 14.5.